The number of amides is 1. The molecule has 2 aliphatic rings. The number of nitrogens with one attached hydrogen (secondary N) is 2. The van der Waals surface area contributed by atoms with Gasteiger partial charge in [0.05, 0.1) is 0 Å². The standard InChI is InChI=1S/C18H26N2O.ClH/c1-13-12-19-10-9-17(13)20-18(21)11-15-7-4-6-14-5-2-3-8-16(14)15;/h2-3,5,8,13,15,17,19H,4,6-7,9-12H2,1H3,(H,20,21);1H. The number of benzene rings is 1. The average molecular weight is 323 g/mol. The zero-order valence-electron chi connectivity index (χ0n) is 13.3. The van der Waals surface area contributed by atoms with E-state index in [0.29, 0.717) is 24.3 Å². The largest absolute Gasteiger partial charge is 0.353 e. The summed E-state index contributed by atoms with van der Waals surface area (Å²) in [5.74, 6) is 1.17. The maximum atomic E-state index is 12.4. The first-order valence-corrected chi connectivity index (χ1v) is 8.32. The van der Waals surface area contributed by atoms with Crippen molar-refractivity contribution in [3.63, 3.8) is 0 Å². The van der Waals surface area contributed by atoms with Crippen LogP contribution in [0, 0.1) is 5.92 Å². The Hall–Kier alpha value is -1.06. The molecule has 3 unspecified atom stereocenters. The van der Waals surface area contributed by atoms with Crippen molar-refractivity contribution in [3.8, 4) is 0 Å². The second-order valence-corrected chi connectivity index (χ2v) is 6.64. The van der Waals surface area contributed by atoms with Gasteiger partial charge in [-0.2, -0.15) is 0 Å². The number of piperidine rings is 1. The van der Waals surface area contributed by atoms with Gasteiger partial charge in [-0.05, 0) is 61.7 Å². The number of fused-ring (bicyclic) bond motifs is 1. The van der Waals surface area contributed by atoms with E-state index >= 15 is 0 Å². The quantitative estimate of drug-likeness (QED) is 0.898. The van der Waals surface area contributed by atoms with E-state index in [-0.39, 0.29) is 18.3 Å². The molecule has 22 heavy (non-hydrogen) atoms. The van der Waals surface area contributed by atoms with Crippen molar-refractivity contribution in [3.05, 3.63) is 35.4 Å². The summed E-state index contributed by atoms with van der Waals surface area (Å²) >= 11 is 0. The molecule has 3 nitrogen and oxygen atoms in total. The highest BCUT2D eigenvalue weighted by Gasteiger charge is 2.26. The number of rotatable bonds is 3. The Bertz CT molecular complexity index is 506. The minimum Gasteiger partial charge on any atom is -0.353 e. The van der Waals surface area contributed by atoms with Crippen LogP contribution >= 0.6 is 12.4 Å². The molecule has 0 spiro atoms. The summed E-state index contributed by atoms with van der Waals surface area (Å²) in [7, 11) is 0. The number of halogens is 1. The van der Waals surface area contributed by atoms with Gasteiger partial charge in [0.25, 0.3) is 0 Å². The molecule has 2 N–H and O–H groups in total. The molecule has 1 aromatic rings. The summed E-state index contributed by atoms with van der Waals surface area (Å²) < 4.78 is 0. The van der Waals surface area contributed by atoms with Crippen LogP contribution in [0.15, 0.2) is 24.3 Å². The molecule has 122 valence electrons. The average Bonchev–Trinajstić information content (AvgIpc) is 2.50. The molecule has 1 amide bonds. The summed E-state index contributed by atoms with van der Waals surface area (Å²) in [6.07, 6.45) is 5.21. The van der Waals surface area contributed by atoms with E-state index in [2.05, 4.69) is 41.8 Å². The second-order valence-electron chi connectivity index (χ2n) is 6.64. The van der Waals surface area contributed by atoms with Gasteiger partial charge in [-0.15, -0.1) is 12.4 Å². The topological polar surface area (TPSA) is 41.1 Å². The zero-order chi connectivity index (χ0) is 14.7. The van der Waals surface area contributed by atoms with Crippen LogP contribution in [0.4, 0.5) is 0 Å². The van der Waals surface area contributed by atoms with Gasteiger partial charge in [0.15, 0.2) is 0 Å². The van der Waals surface area contributed by atoms with Gasteiger partial charge in [-0.3, -0.25) is 4.79 Å². The smallest absolute Gasteiger partial charge is 0.220 e. The molecule has 1 fully saturated rings. The van der Waals surface area contributed by atoms with Crippen LogP contribution in [0.1, 0.15) is 49.7 Å². The van der Waals surface area contributed by atoms with Crippen LogP contribution in [0.25, 0.3) is 0 Å². The highest BCUT2D eigenvalue weighted by Crippen LogP contribution is 2.33. The lowest BCUT2D eigenvalue weighted by atomic mass is 9.81. The van der Waals surface area contributed by atoms with E-state index in [1.54, 1.807) is 0 Å². The Morgan fingerprint density at radius 2 is 2.14 bits per heavy atom. The molecule has 1 aromatic carbocycles. The molecule has 1 heterocycles. The van der Waals surface area contributed by atoms with Crippen molar-refractivity contribution in [2.75, 3.05) is 13.1 Å². The first kappa shape index (κ1) is 17.3. The maximum absolute atomic E-state index is 12.4. The fraction of sp³-hybridized carbons (Fsp3) is 0.611. The summed E-state index contributed by atoms with van der Waals surface area (Å²) in [4.78, 5) is 12.4. The predicted octanol–water partition coefficient (Wildman–Crippen LogP) is 3.03. The monoisotopic (exact) mass is 322 g/mol. The van der Waals surface area contributed by atoms with Crippen LogP contribution in [0.2, 0.25) is 0 Å². The summed E-state index contributed by atoms with van der Waals surface area (Å²) in [6.45, 7) is 4.24. The van der Waals surface area contributed by atoms with Crippen molar-refractivity contribution in [2.45, 2.75) is 51.0 Å². The predicted molar refractivity (Wildman–Crippen MR) is 92.6 cm³/mol. The van der Waals surface area contributed by atoms with Gasteiger partial charge in [0, 0.05) is 12.5 Å². The molecule has 3 atom stereocenters. The lowest BCUT2D eigenvalue weighted by Crippen LogP contribution is -2.48. The van der Waals surface area contributed by atoms with Gasteiger partial charge in [-0.25, -0.2) is 0 Å². The van der Waals surface area contributed by atoms with Crippen LogP contribution in [-0.2, 0) is 11.2 Å². The molecule has 0 aromatic heterocycles. The Labute approximate surface area is 139 Å². The van der Waals surface area contributed by atoms with E-state index in [4.69, 9.17) is 0 Å². The van der Waals surface area contributed by atoms with Gasteiger partial charge in [0.2, 0.25) is 5.91 Å². The van der Waals surface area contributed by atoms with E-state index in [1.807, 2.05) is 0 Å². The second kappa shape index (κ2) is 7.98. The van der Waals surface area contributed by atoms with Crippen LogP contribution < -0.4 is 10.6 Å². The van der Waals surface area contributed by atoms with Crippen LogP contribution in [-0.4, -0.2) is 25.0 Å². The Morgan fingerprint density at radius 1 is 1.32 bits per heavy atom. The molecular formula is C18H27ClN2O. The highest BCUT2D eigenvalue weighted by atomic mass is 35.5. The number of hydrogen-bond donors (Lipinski definition) is 2. The molecule has 1 aliphatic carbocycles. The van der Waals surface area contributed by atoms with Crippen molar-refractivity contribution >= 4 is 18.3 Å². The highest BCUT2D eigenvalue weighted by molar-refractivity contribution is 5.85. The summed E-state index contributed by atoms with van der Waals surface area (Å²) in [6, 6.07) is 8.98. The van der Waals surface area contributed by atoms with Gasteiger partial charge in [-0.1, -0.05) is 31.2 Å². The van der Waals surface area contributed by atoms with Crippen molar-refractivity contribution in [1.29, 1.82) is 0 Å². The SMILES string of the molecule is CC1CNCCC1NC(=O)CC1CCCc2ccccc21.Cl. The Kier molecular flexibility index (Phi) is 6.27. The third-order valence-electron chi connectivity index (χ3n) is 5.06. The zero-order valence-corrected chi connectivity index (χ0v) is 14.1. The van der Waals surface area contributed by atoms with Crippen molar-refractivity contribution in [2.24, 2.45) is 5.92 Å². The number of aryl methyl sites for hydroxylation is 1. The minimum absolute atomic E-state index is 0. The third kappa shape index (κ3) is 4.02. The summed E-state index contributed by atoms with van der Waals surface area (Å²) in [5, 5.41) is 6.65. The van der Waals surface area contributed by atoms with Gasteiger partial charge < -0.3 is 10.6 Å². The molecule has 4 heteroatoms. The fourth-order valence-corrected chi connectivity index (χ4v) is 3.78. The number of hydrogen-bond acceptors (Lipinski definition) is 2. The van der Waals surface area contributed by atoms with Gasteiger partial charge in [0.1, 0.15) is 0 Å². The van der Waals surface area contributed by atoms with Crippen molar-refractivity contribution < 1.29 is 4.79 Å². The normalized spacial score (nSPS) is 27.4. The molecule has 0 bridgehead atoms. The Morgan fingerprint density at radius 3 is 2.95 bits per heavy atom. The van der Waals surface area contributed by atoms with E-state index in [0.717, 1.165) is 25.9 Å². The lowest BCUT2D eigenvalue weighted by Gasteiger charge is -2.31. The molecule has 0 saturated carbocycles. The number of carbonyl (C=O) groups excluding carboxylic acids is 1. The van der Waals surface area contributed by atoms with Crippen LogP contribution in [0.3, 0.4) is 0 Å². The van der Waals surface area contributed by atoms with Crippen LogP contribution in [0.5, 0.6) is 0 Å². The third-order valence-corrected chi connectivity index (χ3v) is 5.06. The molecule has 1 aliphatic heterocycles. The van der Waals surface area contributed by atoms with E-state index in [9.17, 15) is 4.79 Å². The maximum Gasteiger partial charge on any atom is 0.220 e. The Balaban J connectivity index is 0.00000176. The molecule has 3 rings (SSSR count). The molecule has 1 saturated heterocycles. The first-order valence-electron chi connectivity index (χ1n) is 8.32. The van der Waals surface area contributed by atoms with Crippen molar-refractivity contribution in [1.82, 2.24) is 10.6 Å². The summed E-state index contributed by atoms with van der Waals surface area (Å²) in [5.41, 5.74) is 2.84. The molecular weight excluding hydrogens is 296 g/mol. The first-order chi connectivity index (χ1) is 10.2. The van der Waals surface area contributed by atoms with E-state index in [1.165, 1.54) is 24.0 Å². The van der Waals surface area contributed by atoms with Gasteiger partial charge >= 0.3 is 0 Å². The fourth-order valence-electron chi connectivity index (χ4n) is 3.78. The number of carbonyl (C=O) groups is 1. The minimum atomic E-state index is 0. The lowest BCUT2D eigenvalue weighted by molar-refractivity contribution is -0.122. The molecule has 0 radical (unpaired) electrons. The van der Waals surface area contributed by atoms with E-state index < -0.39 is 0 Å².